The molecule has 15 nitrogen and oxygen atoms in total. The molecule has 3 amide bonds. The van der Waals surface area contributed by atoms with Gasteiger partial charge in [0.25, 0.3) is 0 Å². The maximum atomic E-state index is 13.9. The van der Waals surface area contributed by atoms with Crippen LogP contribution in [0.4, 0.5) is 53.4 Å². The lowest BCUT2D eigenvalue weighted by atomic mass is 10.1. The highest BCUT2D eigenvalue weighted by molar-refractivity contribution is 6.01. The molecule has 3 saturated heterocycles. The predicted octanol–water partition coefficient (Wildman–Crippen LogP) is 4.88. The van der Waals surface area contributed by atoms with Crippen molar-refractivity contribution in [3.8, 4) is 5.75 Å². The molecule has 4 aromatic rings. The summed E-state index contributed by atoms with van der Waals surface area (Å²) in [5.41, 5.74) is 2.46. The number of hydrogen-bond acceptors (Lipinski definition) is 13. The lowest BCUT2D eigenvalue weighted by molar-refractivity contribution is -0.137. The molecule has 59 heavy (non-hydrogen) atoms. The van der Waals surface area contributed by atoms with Crippen LogP contribution in [-0.2, 0) is 20.6 Å². The monoisotopic (exact) mass is 814 g/mol. The van der Waals surface area contributed by atoms with Crippen LogP contribution in [0, 0.1) is 0 Å². The number of ketones is 1. The second-order valence-corrected chi connectivity index (χ2v) is 14.5. The van der Waals surface area contributed by atoms with Crippen LogP contribution in [0.15, 0.2) is 72.9 Å². The second-order valence-electron chi connectivity index (χ2n) is 14.5. The number of methoxy groups -OCH3 is 1. The van der Waals surface area contributed by atoms with E-state index in [0.717, 1.165) is 43.2 Å². The van der Waals surface area contributed by atoms with Crippen molar-refractivity contribution in [1.82, 2.24) is 25.1 Å². The van der Waals surface area contributed by atoms with Gasteiger partial charge >= 0.3 is 6.18 Å². The Kier molecular flexibility index (Phi) is 12.2. The molecule has 0 spiro atoms. The third kappa shape index (κ3) is 9.82. The molecule has 3 aliphatic rings. The van der Waals surface area contributed by atoms with E-state index < -0.39 is 23.6 Å². The summed E-state index contributed by atoms with van der Waals surface area (Å²) in [6, 6.07) is 19.1. The van der Waals surface area contributed by atoms with E-state index in [4.69, 9.17) is 4.74 Å². The van der Waals surface area contributed by atoms with Crippen molar-refractivity contribution in [2.75, 3.05) is 91.8 Å². The van der Waals surface area contributed by atoms with Crippen LogP contribution in [0.25, 0.3) is 0 Å². The fourth-order valence-electron chi connectivity index (χ4n) is 7.34. The highest BCUT2D eigenvalue weighted by Gasteiger charge is 2.36. The Bertz CT molecular complexity index is 2190. The zero-order valence-electron chi connectivity index (χ0n) is 32.6. The first-order valence-electron chi connectivity index (χ1n) is 19.3. The number of carbonyl (C=O) groups excluding carboxylic acids is 4. The summed E-state index contributed by atoms with van der Waals surface area (Å²) in [6.45, 7) is 6.98. The summed E-state index contributed by atoms with van der Waals surface area (Å²) in [5.74, 6) is -1.01. The van der Waals surface area contributed by atoms with Crippen molar-refractivity contribution >= 4 is 63.7 Å². The number of hydrogen-bond donors (Lipinski definition) is 4. The number of rotatable bonds is 12. The van der Waals surface area contributed by atoms with Crippen LogP contribution in [0.5, 0.6) is 5.75 Å². The molecule has 1 unspecified atom stereocenters. The molecule has 0 saturated carbocycles. The minimum absolute atomic E-state index is 0.0780. The number of imide groups is 1. The van der Waals surface area contributed by atoms with Crippen LogP contribution in [0.3, 0.4) is 0 Å². The summed E-state index contributed by atoms with van der Waals surface area (Å²) in [6.07, 6.45) is -3.30. The van der Waals surface area contributed by atoms with Gasteiger partial charge in [0, 0.05) is 93.7 Å². The molecule has 310 valence electrons. The van der Waals surface area contributed by atoms with Crippen molar-refractivity contribution in [3.05, 3.63) is 84.1 Å². The molecular weight excluding hydrogens is 770 g/mol. The van der Waals surface area contributed by atoms with Gasteiger partial charge in [0.1, 0.15) is 23.2 Å². The molecule has 4 heterocycles. The normalized spacial score (nSPS) is 17.6. The summed E-state index contributed by atoms with van der Waals surface area (Å²) in [7, 11) is 1.49. The van der Waals surface area contributed by atoms with Gasteiger partial charge in [-0.1, -0.05) is 12.1 Å². The van der Waals surface area contributed by atoms with Gasteiger partial charge < -0.3 is 35.4 Å². The molecule has 0 bridgehead atoms. The zero-order chi connectivity index (χ0) is 41.7. The van der Waals surface area contributed by atoms with Gasteiger partial charge in [-0.2, -0.15) is 18.2 Å². The second kappa shape index (κ2) is 17.6. The van der Waals surface area contributed by atoms with Gasteiger partial charge in [0.15, 0.2) is 5.78 Å². The first-order valence-corrected chi connectivity index (χ1v) is 19.3. The van der Waals surface area contributed by atoms with E-state index in [1.54, 1.807) is 18.2 Å². The van der Waals surface area contributed by atoms with Crippen LogP contribution < -0.4 is 35.8 Å². The van der Waals surface area contributed by atoms with E-state index in [1.165, 1.54) is 26.2 Å². The quantitative estimate of drug-likeness (QED) is 0.113. The number of piperazine rings is 2. The number of aromatic nitrogens is 2. The van der Waals surface area contributed by atoms with Gasteiger partial charge in [-0.25, -0.2) is 4.98 Å². The number of benzene rings is 3. The number of nitrogens with zero attached hydrogens (tertiary/aromatic N) is 6. The maximum absolute atomic E-state index is 13.9. The summed E-state index contributed by atoms with van der Waals surface area (Å²) in [4.78, 5) is 65.5. The SMILES string of the molecule is COc1cc(N2CCN(C(=O)CN3CCN(c4ccc(NC5CCC(=O)NC5=O)cc4)CC3)CC2)ccc1Nc1ncc(C(F)(F)F)c(Nc2ccccc2C(C)=O)n1. The molecule has 18 heteroatoms. The minimum atomic E-state index is -4.76. The van der Waals surface area contributed by atoms with Crippen molar-refractivity contribution in [3.63, 3.8) is 0 Å². The number of para-hydroxylation sites is 1. The average Bonchev–Trinajstić information content (AvgIpc) is 3.22. The smallest absolute Gasteiger partial charge is 0.421 e. The molecular formula is C41H45F3N10O5. The topological polar surface area (TPSA) is 164 Å². The van der Waals surface area contributed by atoms with Crippen LogP contribution in [-0.4, -0.2) is 115 Å². The number of piperidine rings is 1. The van der Waals surface area contributed by atoms with Gasteiger partial charge in [-0.05, 0) is 61.9 Å². The Balaban J connectivity index is 0.902. The van der Waals surface area contributed by atoms with Crippen LogP contribution in [0.2, 0.25) is 0 Å². The lowest BCUT2D eigenvalue weighted by Gasteiger charge is -2.39. The molecule has 3 fully saturated rings. The molecule has 7 rings (SSSR count). The largest absolute Gasteiger partial charge is 0.494 e. The van der Waals surface area contributed by atoms with E-state index >= 15 is 0 Å². The summed E-state index contributed by atoms with van der Waals surface area (Å²) in [5, 5.41) is 11.2. The number of nitrogens with one attached hydrogen (secondary N) is 4. The Morgan fingerprint density at radius 2 is 1.54 bits per heavy atom. The van der Waals surface area contributed by atoms with Crippen molar-refractivity contribution in [2.45, 2.75) is 32.0 Å². The number of Topliss-reactive ketones (excluding diaryl/α,β-unsaturated/α-hetero) is 1. The fraction of sp³-hybridized carbons (Fsp3) is 0.366. The molecule has 4 N–H and O–H groups in total. The van der Waals surface area contributed by atoms with Crippen LogP contribution >= 0.6 is 0 Å². The van der Waals surface area contributed by atoms with Crippen molar-refractivity contribution in [2.24, 2.45) is 0 Å². The summed E-state index contributed by atoms with van der Waals surface area (Å²) >= 11 is 0. The molecule has 1 aromatic heterocycles. The highest BCUT2D eigenvalue weighted by Crippen LogP contribution is 2.37. The Morgan fingerprint density at radius 3 is 2.22 bits per heavy atom. The van der Waals surface area contributed by atoms with Crippen molar-refractivity contribution in [1.29, 1.82) is 0 Å². The molecule has 0 aliphatic carbocycles. The van der Waals surface area contributed by atoms with Gasteiger partial charge in [-0.3, -0.25) is 29.4 Å². The van der Waals surface area contributed by atoms with Crippen LogP contribution in [0.1, 0.15) is 35.7 Å². The Labute approximate surface area is 338 Å². The molecule has 3 aromatic carbocycles. The number of ether oxygens (including phenoxy) is 1. The molecule has 1 atom stereocenters. The van der Waals surface area contributed by atoms with E-state index in [2.05, 4.69) is 45.9 Å². The third-order valence-electron chi connectivity index (χ3n) is 10.6. The number of carbonyl (C=O) groups is 4. The minimum Gasteiger partial charge on any atom is -0.494 e. The number of amides is 3. The predicted molar refractivity (Wildman–Crippen MR) is 217 cm³/mol. The fourth-order valence-corrected chi connectivity index (χ4v) is 7.34. The van der Waals surface area contributed by atoms with E-state index in [1.807, 2.05) is 41.3 Å². The Morgan fingerprint density at radius 1 is 0.864 bits per heavy atom. The van der Waals surface area contributed by atoms with Crippen molar-refractivity contribution < 1.29 is 37.1 Å². The number of anilines is 7. The first kappa shape index (κ1) is 40.8. The van der Waals surface area contributed by atoms with E-state index in [9.17, 15) is 32.3 Å². The number of halogens is 3. The van der Waals surface area contributed by atoms with Gasteiger partial charge in [-0.15, -0.1) is 0 Å². The average molecular weight is 815 g/mol. The molecule has 0 radical (unpaired) electrons. The highest BCUT2D eigenvalue weighted by atomic mass is 19.4. The standard InChI is InChI=1S/C41H45F3N10O5/c1-26(55)30-5-3-4-6-32(30)47-38-31(41(42,43)44)24-45-40(50-38)48-33-12-11-29(23-35(33)59-2)53-19-21-54(22-20-53)37(57)25-51-15-17-52(18-16-51)28-9-7-27(8-10-28)46-34-13-14-36(56)49-39(34)58/h3-12,23-24,34,46H,13-22,25H2,1-2H3,(H,49,56,58)(H2,45,47,48,50). The zero-order valence-corrected chi connectivity index (χ0v) is 32.6. The third-order valence-corrected chi connectivity index (χ3v) is 10.6. The first-order chi connectivity index (χ1) is 28.3. The number of alkyl halides is 3. The Hall–Kier alpha value is -6.43. The van der Waals surface area contributed by atoms with E-state index in [-0.39, 0.29) is 40.7 Å². The van der Waals surface area contributed by atoms with Gasteiger partial charge in [0.2, 0.25) is 23.7 Å². The molecule has 3 aliphatic heterocycles. The van der Waals surface area contributed by atoms with E-state index in [0.29, 0.717) is 63.2 Å². The van der Waals surface area contributed by atoms with Gasteiger partial charge in [0.05, 0.1) is 25.0 Å². The maximum Gasteiger partial charge on any atom is 0.421 e. The summed E-state index contributed by atoms with van der Waals surface area (Å²) < 4.78 is 47.5. The lowest BCUT2D eigenvalue weighted by Crippen LogP contribution is -2.54.